The van der Waals surface area contributed by atoms with Gasteiger partial charge in [-0.2, -0.15) is 0 Å². The molecule has 0 amide bonds. The van der Waals surface area contributed by atoms with E-state index >= 15 is 0 Å². The standard InChI is InChI=1S/C24H15ClFN3/c25-20-9-5-4-8-18(20)22-12-16(15-6-2-1-3-7-15)13-23(27-22)29-24-19-14-17(26)10-11-21(19)28-24/h1-14H,(H,27,28,29)/p+1. The second-order valence-corrected chi connectivity index (χ2v) is 7.19. The number of aromatic nitrogens is 1. The van der Waals surface area contributed by atoms with Crippen molar-refractivity contribution in [3.05, 3.63) is 101 Å². The lowest BCUT2D eigenvalue weighted by Gasteiger charge is -2.18. The normalized spacial score (nSPS) is 13.5. The number of nitrogens with zero attached hydrogens (tertiary/aromatic N) is 1. The maximum Gasteiger partial charge on any atom is 0.261 e. The fraction of sp³-hybridized carbons (Fsp3) is 0. The summed E-state index contributed by atoms with van der Waals surface area (Å²) in [5, 5.41) is 3.84. The molecular weight excluding hydrogens is 385 g/mol. The van der Waals surface area contributed by atoms with Gasteiger partial charge in [0, 0.05) is 11.6 Å². The van der Waals surface area contributed by atoms with E-state index in [4.69, 9.17) is 16.6 Å². The minimum absolute atomic E-state index is 0.271. The lowest BCUT2D eigenvalue weighted by molar-refractivity contribution is -0.358. The van der Waals surface area contributed by atoms with Gasteiger partial charge in [-0.1, -0.05) is 54.1 Å². The summed E-state index contributed by atoms with van der Waals surface area (Å²) in [6.45, 7) is 0. The second kappa shape index (κ2) is 7.15. The van der Waals surface area contributed by atoms with Crippen molar-refractivity contribution in [2.75, 3.05) is 5.32 Å². The van der Waals surface area contributed by atoms with E-state index in [0.717, 1.165) is 39.5 Å². The quantitative estimate of drug-likeness (QED) is 0.519. The first-order chi connectivity index (χ1) is 14.2. The molecule has 0 saturated heterocycles. The van der Waals surface area contributed by atoms with Crippen LogP contribution in [0, 0.1) is 5.82 Å². The number of fused-ring (bicyclic) bond motifs is 1. The Labute approximate surface area is 172 Å². The molecule has 1 aliphatic rings. The van der Waals surface area contributed by atoms with Crippen molar-refractivity contribution in [2.24, 2.45) is 0 Å². The molecule has 5 rings (SSSR count). The molecule has 0 saturated carbocycles. The SMILES string of the molecule is Fc1ccc2c(c1)C(=[NH+]c1cc(-c3ccccc3)cc(-c3ccccc3Cl)n1)N2. The number of amidine groups is 1. The van der Waals surface area contributed by atoms with Crippen LogP contribution in [-0.2, 0) is 0 Å². The third-order valence-electron chi connectivity index (χ3n) is 4.85. The van der Waals surface area contributed by atoms with Crippen molar-refractivity contribution >= 4 is 28.9 Å². The lowest BCUT2D eigenvalue weighted by Crippen LogP contribution is -2.71. The fourth-order valence-corrected chi connectivity index (χ4v) is 3.63. The Balaban J connectivity index is 1.65. The van der Waals surface area contributed by atoms with Crippen molar-refractivity contribution in [3.8, 4) is 22.4 Å². The molecule has 1 aliphatic heterocycles. The van der Waals surface area contributed by atoms with E-state index in [-0.39, 0.29) is 5.82 Å². The van der Waals surface area contributed by atoms with E-state index in [1.54, 1.807) is 6.07 Å². The molecule has 0 bridgehead atoms. The summed E-state index contributed by atoms with van der Waals surface area (Å²) in [4.78, 5) is 8.04. The van der Waals surface area contributed by atoms with Gasteiger partial charge in [-0.15, -0.1) is 4.98 Å². The van der Waals surface area contributed by atoms with Crippen molar-refractivity contribution in [1.29, 1.82) is 0 Å². The van der Waals surface area contributed by atoms with Crippen molar-refractivity contribution < 1.29 is 9.38 Å². The van der Waals surface area contributed by atoms with Gasteiger partial charge in [-0.05, 0) is 47.5 Å². The topological polar surface area (TPSA) is 38.9 Å². The van der Waals surface area contributed by atoms with E-state index in [0.29, 0.717) is 10.8 Å². The highest BCUT2D eigenvalue weighted by atomic mass is 35.5. The predicted molar refractivity (Wildman–Crippen MR) is 115 cm³/mol. The van der Waals surface area contributed by atoms with E-state index < -0.39 is 0 Å². The Morgan fingerprint density at radius 3 is 2.41 bits per heavy atom. The number of nitrogens with one attached hydrogen (secondary N) is 2. The van der Waals surface area contributed by atoms with Crippen LogP contribution < -0.4 is 10.3 Å². The maximum atomic E-state index is 13.6. The van der Waals surface area contributed by atoms with E-state index in [1.165, 1.54) is 12.1 Å². The van der Waals surface area contributed by atoms with Crippen LogP contribution in [0.15, 0.2) is 84.9 Å². The second-order valence-electron chi connectivity index (χ2n) is 6.79. The van der Waals surface area contributed by atoms with Crippen LogP contribution in [0.4, 0.5) is 15.9 Å². The number of anilines is 1. The molecule has 3 nitrogen and oxygen atoms in total. The first kappa shape index (κ1) is 17.6. The largest absolute Gasteiger partial charge is 0.272 e. The summed E-state index contributed by atoms with van der Waals surface area (Å²) >= 11 is 6.42. The van der Waals surface area contributed by atoms with E-state index in [1.807, 2.05) is 54.6 Å². The molecule has 2 heterocycles. The Bertz CT molecular complexity index is 1250. The monoisotopic (exact) mass is 400 g/mol. The van der Waals surface area contributed by atoms with Crippen LogP contribution in [0.3, 0.4) is 0 Å². The molecule has 0 fully saturated rings. The Hall–Kier alpha value is -3.50. The van der Waals surface area contributed by atoms with Gasteiger partial charge < -0.3 is 0 Å². The average molecular weight is 401 g/mol. The molecule has 4 aromatic rings. The number of pyridine rings is 1. The molecule has 29 heavy (non-hydrogen) atoms. The van der Waals surface area contributed by atoms with Crippen LogP contribution >= 0.6 is 11.6 Å². The molecule has 3 aromatic carbocycles. The Morgan fingerprint density at radius 1 is 0.793 bits per heavy atom. The van der Waals surface area contributed by atoms with Gasteiger partial charge >= 0.3 is 0 Å². The van der Waals surface area contributed by atoms with Gasteiger partial charge in [0.2, 0.25) is 5.84 Å². The van der Waals surface area contributed by atoms with Crippen LogP contribution in [0.2, 0.25) is 5.02 Å². The number of halogens is 2. The van der Waals surface area contributed by atoms with Gasteiger partial charge in [-0.25, -0.2) is 9.38 Å². The van der Waals surface area contributed by atoms with Crippen LogP contribution in [0.25, 0.3) is 22.4 Å². The van der Waals surface area contributed by atoms with Crippen molar-refractivity contribution in [2.45, 2.75) is 0 Å². The molecular formula is C24H16ClFN3+. The zero-order valence-corrected chi connectivity index (χ0v) is 16.0. The Kier molecular flexibility index (Phi) is 4.34. The molecule has 0 atom stereocenters. The number of benzene rings is 3. The van der Waals surface area contributed by atoms with Gasteiger partial charge in [0.15, 0.2) is 0 Å². The van der Waals surface area contributed by atoms with Gasteiger partial charge in [0.1, 0.15) is 17.2 Å². The van der Waals surface area contributed by atoms with Crippen molar-refractivity contribution in [3.63, 3.8) is 0 Å². The van der Waals surface area contributed by atoms with Crippen molar-refractivity contribution in [1.82, 2.24) is 4.98 Å². The number of hydrogen-bond donors (Lipinski definition) is 2. The summed E-state index contributed by atoms with van der Waals surface area (Å²) < 4.78 is 13.6. The molecule has 0 unspecified atom stereocenters. The zero-order valence-electron chi connectivity index (χ0n) is 15.3. The molecule has 0 aliphatic carbocycles. The molecule has 0 radical (unpaired) electrons. The maximum absolute atomic E-state index is 13.6. The van der Waals surface area contributed by atoms with Crippen LogP contribution in [0.1, 0.15) is 5.56 Å². The molecule has 1 aromatic heterocycles. The average Bonchev–Trinajstić information content (AvgIpc) is 2.74. The van der Waals surface area contributed by atoms with Gasteiger partial charge in [-0.3, -0.25) is 5.32 Å². The van der Waals surface area contributed by atoms with E-state index in [2.05, 4.69) is 22.4 Å². The molecule has 5 heteroatoms. The third-order valence-corrected chi connectivity index (χ3v) is 5.18. The highest BCUT2D eigenvalue weighted by Crippen LogP contribution is 2.31. The molecule has 2 N–H and O–H groups in total. The Morgan fingerprint density at radius 2 is 1.59 bits per heavy atom. The summed E-state index contributed by atoms with van der Waals surface area (Å²) in [7, 11) is 0. The predicted octanol–water partition coefficient (Wildman–Crippen LogP) is 4.79. The van der Waals surface area contributed by atoms with Gasteiger partial charge in [0.25, 0.3) is 5.82 Å². The zero-order chi connectivity index (χ0) is 19.8. The minimum atomic E-state index is -0.271. The molecule has 140 valence electrons. The van der Waals surface area contributed by atoms with E-state index in [9.17, 15) is 4.39 Å². The lowest BCUT2D eigenvalue weighted by atomic mass is 10.0. The summed E-state index contributed by atoms with van der Waals surface area (Å²) in [5.74, 6) is 1.10. The van der Waals surface area contributed by atoms with Gasteiger partial charge in [0.05, 0.1) is 10.6 Å². The summed E-state index contributed by atoms with van der Waals surface area (Å²) in [5.41, 5.74) is 5.39. The summed E-state index contributed by atoms with van der Waals surface area (Å²) in [6.07, 6.45) is 0. The first-order valence-corrected chi connectivity index (χ1v) is 9.58. The summed E-state index contributed by atoms with van der Waals surface area (Å²) in [6, 6.07) is 26.4. The highest BCUT2D eigenvalue weighted by Gasteiger charge is 2.27. The highest BCUT2D eigenvalue weighted by molar-refractivity contribution is 6.33. The smallest absolute Gasteiger partial charge is 0.261 e. The number of rotatable bonds is 3. The number of hydrogen-bond acceptors (Lipinski definition) is 1. The molecule has 0 spiro atoms. The first-order valence-electron chi connectivity index (χ1n) is 9.21. The minimum Gasteiger partial charge on any atom is -0.272 e. The van der Waals surface area contributed by atoms with Crippen LogP contribution in [0.5, 0.6) is 0 Å². The van der Waals surface area contributed by atoms with Crippen LogP contribution in [-0.4, -0.2) is 10.8 Å². The third kappa shape index (κ3) is 3.39. The fourth-order valence-electron chi connectivity index (χ4n) is 3.40.